The van der Waals surface area contributed by atoms with Gasteiger partial charge in [-0.15, -0.1) is 11.3 Å². The molecule has 4 aromatic rings. The van der Waals surface area contributed by atoms with E-state index in [1.165, 1.54) is 37.0 Å². The second-order valence-electron chi connectivity index (χ2n) is 8.45. The average molecular weight is 487 g/mol. The van der Waals surface area contributed by atoms with Crippen molar-refractivity contribution in [1.82, 2.24) is 24.5 Å². The molecular formula is C20H19BrN6O2S. The minimum Gasteiger partial charge on any atom is -0.324 e. The molecular weight excluding hydrogens is 468 g/mol. The Balaban J connectivity index is 1.27. The van der Waals surface area contributed by atoms with Crippen molar-refractivity contribution in [3.8, 4) is 0 Å². The Bertz CT molecular complexity index is 1380. The molecule has 4 aromatic heterocycles. The third-order valence-corrected chi connectivity index (χ3v) is 8.03. The quantitative estimate of drug-likeness (QED) is 0.462. The van der Waals surface area contributed by atoms with E-state index in [0.717, 1.165) is 21.7 Å². The third kappa shape index (κ3) is 2.89. The molecule has 1 aliphatic heterocycles. The summed E-state index contributed by atoms with van der Waals surface area (Å²) >= 11 is 4.88. The molecule has 1 saturated carbocycles. The summed E-state index contributed by atoms with van der Waals surface area (Å²) in [4.78, 5) is 35.6. The lowest BCUT2D eigenvalue weighted by atomic mass is 9.68. The normalized spacial score (nSPS) is 18.6. The number of halogens is 1. The van der Waals surface area contributed by atoms with Crippen LogP contribution in [0.4, 0.5) is 5.69 Å². The van der Waals surface area contributed by atoms with Crippen molar-refractivity contribution in [2.75, 3.05) is 25.0 Å². The Labute approximate surface area is 183 Å². The van der Waals surface area contributed by atoms with E-state index < -0.39 is 0 Å². The fourth-order valence-corrected chi connectivity index (χ4v) is 6.31. The monoisotopic (exact) mass is 486 g/mol. The molecule has 0 bridgehead atoms. The van der Waals surface area contributed by atoms with Gasteiger partial charge in [-0.25, -0.2) is 4.52 Å². The van der Waals surface area contributed by atoms with Gasteiger partial charge in [0.25, 0.3) is 5.56 Å². The van der Waals surface area contributed by atoms with Gasteiger partial charge < -0.3 is 10.3 Å². The lowest BCUT2D eigenvalue weighted by molar-refractivity contribution is -0.117. The van der Waals surface area contributed by atoms with Gasteiger partial charge in [-0.1, -0.05) is 6.42 Å². The van der Waals surface area contributed by atoms with Crippen LogP contribution in [0.15, 0.2) is 27.0 Å². The van der Waals surface area contributed by atoms with Gasteiger partial charge in [0.05, 0.1) is 33.9 Å². The van der Waals surface area contributed by atoms with Crippen molar-refractivity contribution in [3.63, 3.8) is 0 Å². The lowest BCUT2D eigenvalue weighted by Gasteiger charge is -2.38. The van der Waals surface area contributed by atoms with Gasteiger partial charge in [-0.05, 0) is 53.2 Å². The number of hydrogen-bond acceptors (Lipinski definition) is 6. The first-order chi connectivity index (χ1) is 14.5. The minimum absolute atomic E-state index is 0.0525. The number of pyridine rings is 2. The van der Waals surface area contributed by atoms with Crippen molar-refractivity contribution in [2.45, 2.75) is 25.7 Å². The van der Waals surface area contributed by atoms with Gasteiger partial charge in [-0.2, -0.15) is 5.10 Å². The Morgan fingerprint density at radius 2 is 2.20 bits per heavy atom. The van der Waals surface area contributed by atoms with Crippen molar-refractivity contribution in [2.24, 2.45) is 5.41 Å². The molecule has 0 unspecified atom stereocenters. The van der Waals surface area contributed by atoms with Crippen molar-refractivity contribution in [1.29, 1.82) is 0 Å². The maximum atomic E-state index is 12.7. The Morgan fingerprint density at radius 3 is 2.97 bits per heavy atom. The topological polar surface area (TPSA) is 95.4 Å². The highest BCUT2D eigenvalue weighted by Gasteiger charge is 2.42. The van der Waals surface area contributed by atoms with Crippen LogP contribution in [0.25, 0.3) is 26.8 Å². The van der Waals surface area contributed by atoms with Crippen LogP contribution in [-0.4, -0.2) is 50.0 Å². The van der Waals surface area contributed by atoms with E-state index in [-0.39, 0.29) is 11.5 Å². The summed E-state index contributed by atoms with van der Waals surface area (Å²) in [6.07, 6.45) is 8.56. The molecule has 10 heteroatoms. The molecule has 8 nitrogen and oxygen atoms in total. The largest absolute Gasteiger partial charge is 0.324 e. The summed E-state index contributed by atoms with van der Waals surface area (Å²) in [5.41, 5.74) is 2.57. The third-order valence-electron chi connectivity index (χ3n) is 6.45. The molecule has 0 aromatic carbocycles. The number of fused-ring (bicyclic) bond motifs is 5. The van der Waals surface area contributed by atoms with Crippen LogP contribution in [0.5, 0.6) is 0 Å². The zero-order chi connectivity index (χ0) is 20.5. The summed E-state index contributed by atoms with van der Waals surface area (Å²) in [6, 6.07) is 1.75. The van der Waals surface area contributed by atoms with E-state index in [4.69, 9.17) is 0 Å². The molecule has 6 rings (SSSR count). The lowest BCUT2D eigenvalue weighted by Crippen LogP contribution is -2.36. The van der Waals surface area contributed by atoms with Gasteiger partial charge in [-0.3, -0.25) is 19.5 Å². The first kappa shape index (κ1) is 18.5. The Kier molecular flexibility index (Phi) is 4.06. The fourth-order valence-electron chi connectivity index (χ4n) is 4.84. The molecule has 1 spiro atoms. The number of likely N-dealkylation sites (tertiary alicyclic amines) is 1. The van der Waals surface area contributed by atoms with Crippen LogP contribution >= 0.6 is 27.3 Å². The van der Waals surface area contributed by atoms with Crippen molar-refractivity contribution < 1.29 is 4.79 Å². The van der Waals surface area contributed by atoms with Gasteiger partial charge in [0, 0.05) is 6.54 Å². The SMILES string of the molecule is O=C(CN1CCC2(CCC2)C1)Nc1cnc2c(c1)[nH]c(=O)c1c2nn2cc(Br)sc12. The van der Waals surface area contributed by atoms with Crippen LogP contribution in [0.2, 0.25) is 0 Å². The predicted octanol–water partition coefficient (Wildman–Crippen LogP) is 3.36. The molecule has 5 heterocycles. The second-order valence-corrected chi connectivity index (χ2v) is 10.9. The van der Waals surface area contributed by atoms with Gasteiger partial charge in [0.2, 0.25) is 5.91 Å². The predicted molar refractivity (Wildman–Crippen MR) is 120 cm³/mol. The summed E-state index contributed by atoms with van der Waals surface area (Å²) < 4.78 is 2.59. The number of nitrogens with one attached hydrogen (secondary N) is 2. The Morgan fingerprint density at radius 1 is 1.33 bits per heavy atom. The van der Waals surface area contributed by atoms with Crippen LogP contribution in [-0.2, 0) is 4.79 Å². The zero-order valence-corrected chi connectivity index (χ0v) is 18.5. The van der Waals surface area contributed by atoms with Crippen molar-refractivity contribution in [3.05, 3.63) is 32.6 Å². The van der Waals surface area contributed by atoms with Crippen LogP contribution in [0.1, 0.15) is 25.7 Å². The van der Waals surface area contributed by atoms with E-state index in [2.05, 4.69) is 41.2 Å². The number of carbonyl (C=O) groups excluding carboxylic acids is 1. The summed E-state index contributed by atoms with van der Waals surface area (Å²) in [5.74, 6) is -0.0525. The van der Waals surface area contributed by atoms with Gasteiger partial charge in [0.15, 0.2) is 0 Å². The number of thiazole rings is 1. The van der Waals surface area contributed by atoms with E-state index in [1.54, 1.807) is 16.8 Å². The first-order valence-corrected chi connectivity index (χ1v) is 11.6. The highest BCUT2D eigenvalue weighted by atomic mass is 79.9. The molecule has 1 saturated heterocycles. The molecule has 0 radical (unpaired) electrons. The maximum absolute atomic E-state index is 12.7. The number of aromatic amines is 1. The molecule has 2 N–H and O–H groups in total. The number of hydrogen-bond donors (Lipinski definition) is 2. The van der Waals surface area contributed by atoms with Crippen molar-refractivity contribution >= 4 is 65.6 Å². The van der Waals surface area contributed by atoms with E-state index in [1.807, 2.05) is 6.20 Å². The summed E-state index contributed by atoms with van der Waals surface area (Å²) in [5, 5.41) is 7.99. The van der Waals surface area contributed by atoms with Crippen LogP contribution < -0.4 is 10.9 Å². The Hall–Kier alpha value is -2.30. The molecule has 2 aliphatic rings. The summed E-state index contributed by atoms with van der Waals surface area (Å²) in [6.45, 7) is 2.40. The maximum Gasteiger partial charge on any atom is 0.261 e. The first-order valence-electron chi connectivity index (χ1n) is 10.0. The number of H-pyrrole nitrogens is 1. The summed E-state index contributed by atoms with van der Waals surface area (Å²) in [7, 11) is 0. The minimum atomic E-state index is -0.213. The van der Waals surface area contributed by atoms with E-state index >= 15 is 0 Å². The number of anilines is 1. The molecule has 2 fully saturated rings. The van der Waals surface area contributed by atoms with Gasteiger partial charge >= 0.3 is 0 Å². The molecule has 154 valence electrons. The van der Waals surface area contributed by atoms with E-state index in [0.29, 0.717) is 39.6 Å². The second kappa shape index (κ2) is 6.60. The number of rotatable bonds is 3. The average Bonchev–Trinajstić information content (AvgIpc) is 3.33. The number of aromatic nitrogens is 4. The van der Waals surface area contributed by atoms with Crippen LogP contribution in [0, 0.1) is 5.41 Å². The van der Waals surface area contributed by atoms with Crippen LogP contribution in [0.3, 0.4) is 0 Å². The molecule has 1 aliphatic carbocycles. The molecule has 0 atom stereocenters. The van der Waals surface area contributed by atoms with Gasteiger partial charge in [0.1, 0.15) is 21.3 Å². The molecule has 1 amide bonds. The number of carbonyl (C=O) groups is 1. The number of amides is 1. The highest BCUT2D eigenvalue weighted by molar-refractivity contribution is 9.11. The zero-order valence-electron chi connectivity index (χ0n) is 16.1. The highest BCUT2D eigenvalue weighted by Crippen LogP contribution is 2.47. The smallest absolute Gasteiger partial charge is 0.261 e. The number of nitrogens with zero attached hydrogens (tertiary/aromatic N) is 4. The standard InChI is InChI=1S/C20H19BrN6O2S/c21-13-8-27-19(30-13)15-17(25-27)16-12(24-18(15)29)6-11(7-22-16)23-14(28)9-26-5-4-20(10-26)2-1-3-20/h6-8H,1-5,9-10H2,(H,23,28)(H,24,29). The fraction of sp³-hybridized carbons (Fsp3) is 0.400. The molecule has 30 heavy (non-hydrogen) atoms. The van der Waals surface area contributed by atoms with E-state index in [9.17, 15) is 9.59 Å².